The molecule has 1 atom stereocenters. The molecule has 0 aliphatic heterocycles. The molecule has 27 heavy (non-hydrogen) atoms. The average Bonchev–Trinajstić information content (AvgIpc) is 3.05. The second-order valence-electron chi connectivity index (χ2n) is 5.97. The van der Waals surface area contributed by atoms with Crippen LogP contribution in [0.3, 0.4) is 0 Å². The molecule has 0 bridgehead atoms. The van der Waals surface area contributed by atoms with Crippen molar-refractivity contribution in [3.8, 4) is 0 Å². The quantitative estimate of drug-likeness (QED) is 0.517. The van der Waals surface area contributed by atoms with E-state index in [9.17, 15) is 14.4 Å². The zero-order valence-corrected chi connectivity index (χ0v) is 15.4. The predicted octanol–water partition coefficient (Wildman–Crippen LogP) is 4.47. The van der Waals surface area contributed by atoms with E-state index in [0.29, 0.717) is 27.2 Å². The molecule has 0 spiro atoms. The van der Waals surface area contributed by atoms with Gasteiger partial charge in [0.1, 0.15) is 5.58 Å². The summed E-state index contributed by atoms with van der Waals surface area (Å²) in [6.45, 7) is 2.88. The number of carbonyl (C=O) groups is 3. The molecule has 7 heteroatoms. The summed E-state index contributed by atoms with van der Waals surface area (Å²) in [6, 6.07) is 13.0. The first kappa shape index (κ1) is 18.7. The summed E-state index contributed by atoms with van der Waals surface area (Å²) < 4.78 is 10.6. The van der Waals surface area contributed by atoms with Gasteiger partial charge in [-0.2, -0.15) is 0 Å². The topological polar surface area (TPSA) is 85.6 Å². The fraction of sp³-hybridized carbons (Fsp3) is 0.150. The summed E-state index contributed by atoms with van der Waals surface area (Å²) in [5, 5.41) is 3.79. The number of Topliss-reactive ketones (excluding diaryl/α,β-unsaturated/α-hetero) is 1. The van der Waals surface area contributed by atoms with Crippen molar-refractivity contribution >= 4 is 45.9 Å². The summed E-state index contributed by atoms with van der Waals surface area (Å²) >= 11 is 5.91. The number of anilines is 1. The molecule has 0 saturated heterocycles. The minimum atomic E-state index is -1.06. The molecule has 0 saturated carbocycles. The van der Waals surface area contributed by atoms with Crippen molar-refractivity contribution in [1.82, 2.24) is 0 Å². The van der Waals surface area contributed by atoms with Gasteiger partial charge in [0.25, 0.3) is 5.91 Å². The van der Waals surface area contributed by atoms with Gasteiger partial charge in [-0.05, 0) is 50.2 Å². The van der Waals surface area contributed by atoms with Crippen LogP contribution in [0, 0.1) is 0 Å². The van der Waals surface area contributed by atoms with Crippen molar-refractivity contribution < 1.29 is 23.5 Å². The van der Waals surface area contributed by atoms with Gasteiger partial charge < -0.3 is 14.5 Å². The SMILES string of the molecule is CC(=O)c1cccc(NC(=O)[C@H](C)OC(=O)c2cc3cc(Cl)ccc3o2)c1. The van der Waals surface area contributed by atoms with E-state index in [0.717, 1.165) is 0 Å². The van der Waals surface area contributed by atoms with Gasteiger partial charge in [0, 0.05) is 21.7 Å². The molecule has 0 aliphatic carbocycles. The first-order valence-electron chi connectivity index (χ1n) is 8.15. The Morgan fingerprint density at radius 1 is 1.11 bits per heavy atom. The molecular formula is C20H16ClNO5. The molecular weight excluding hydrogens is 370 g/mol. The summed E-state index contributed by atoms with van der Waals surface area (Å²) in [7, 11) is 0. The number of rotatable bonds is 5. The van der Waals surface area contributed by atoms with Crippen molar-refractivity contribution in [2.45, 2.75) is 20.0 Å². The Balaban J connectivity index is 1.67. The second-order valence-corrected chi connectivity index (χ2v) is 6.40. The van der Waals surface area contributed by atoms with Gasteiger partial charge in [0.2, 0.25) is 5.76 Å². The Kier molecular flexibility index (Phi) is 5.28. The third-order valence-corrected chi connectivity index (χ3v) is 4.10. The Labute approximate surface area is 160 Å². The van der Waals surface area contributed by atoms with E-state index >= 15 is 0 Å². The Morgan fingerprint density at radius 3 is 2.63 bits per heavy atom. The largest absolute Gasteiger partial charge is 0.449 e. The first-order valence-corrected chi connectivity index (χ1v) is 8.53. The lowest BCUT2D eigenvalue weighted by Crippen LogP contribution is -2.29. The van der Waals surface area contributed by atoms with Crippen molar-refractivity contribution in [1.29, 1.82) is 0 Å². The Hall–Kier alpha value is -3.12. The van der Waals surface area contributed by atoms with Crippen LogP contribution in [-0.4, -0.2) is 23.8 Å². The van der Waals surface area contributed by atoms with E-state index in [2.05, 4.69) is 5.32 Å². The third kappa shape index (κ3) is 4.35. The minimum Gasteiger partial charge on any atom is -0.449 e. The zero-order chi connectivity index (χ0) is 19.6. The maximum atomic E-state index is 12.3. The van der Waals surface area contributed by atoms with Gasteiger partial charge in [-0.25, -0.2) is 4.79 Å². The number of hydrogen-bond donors (Lipinski definition) is 1. The van der Waals surface area contributed by atoms with E-state index in [4.69, 9.17) is 20.8 Å². The fourth-order valence-corrected chi connectivity index (χ4v) is 2.63. The molecule has 3 rings (SSSR count). The maximum absolute atomic E-state index is 12.3. The van der Waals surface area contributed by atoms with Crippen LogP contribution in [0.25, 0.3) is 11.0 Å². The van der Waals surface area contributed by atoms with E-state index in [1.54, 1.807) is 42.5 Å². The van der Waals surface area contributed by atoms with E-state index in [1.165, 1.54) is 19.9 Å². The number of ketones is 1. The molecule has 1 aromatic heterocycles. The van der Waals surface area contributed by atoms with Gasteiger partial charge in [-0.3, -0.25) is 9.59 Å². The smallest absolute Gasteiger partial charge is 0.375 e. The normalized spacial score (nSPS) is 11.8. The summed E-state index contributed by atoms with van der Waals surface area (Å²) in [6.07, 6.45) is -1.06. The number of benzene rings is 2. The molecule has 0 fully saturated rings. The highest BCUT2D eigenvalue weighted by molar-refractivity contribution is 6.31. The number of furan rings is 1. The molecule has 0 radical (unpaired) electrons. The molecule has 138 valence electrons. The third-order valence-electron chi connectivity index (χ3n) is 3.87. The summed E-state index contributed by atoms with van der Waals surface area (Å²) in [5.74, 6) is -1.42. The van der Waals surface area contributed by atoms with Gasteiger partial charge in [0.15, 0.2) is 11.9 Å². The highest BCUT2D eigenvalue weighted by atomic mass is 35.5. The van der Waals surface area contributed by atoms with Crippen LogP contribution in [0.2, 0.25) is 5.02 Å². The predicted molar refractivity (Wildman–Crippen MR) is 101 cm³/mol. The van der Waals surface area contributed by atoms with Gasteiger partial charge in [-0.15, -0.1) is 0 Å². The molecule has 1 amide bonds. The van der Waals surface area contributed by atoms with E-state index in [-0.39, 0.29) is 11.5 Å². The van der Waals surface area contributed by atoms with Crippen LogP contribution >= 0.6 is 11.6 Å². The number of carbonyl (C=O) groups excluding carboxylic acids is 3. The zero-order valence-electron chi connectivity index (χ0n) is 14.6. The summed E-state index contributed by atoms with van der Waals surface area (Å²) in [4.78, 5) is 35.9. The number of amides is 1. The number of esters is 1. The minimum absolute atomic E-state index is 0.0227. The van der Waals surface area contributed by atoms with Gasteiger partial charge >= 0.3 is 5.97 Å². The van der Waals surface area contributed by atoms with Crippen LogP contribution < -0.4 is 5.32 Å². The molecule has 2 aromatic carbocycles. The number of nitrogens with one attached hydrogen (secondary N) is 1. The van der Waals surface area contributed by atoms with Crippen LogP contribution in [0.15, 0.2) is 52.9 Å². The van der Waals surface area contributed by atoms with Crippen molar-refractivity contribution in [3.63, 3.8) is 0 Å². The molecule has 0 aliphatic rings. The molecule has 3 aromatic rings. The monoisotopic (exact) mass is 385 g/mol. The van der Waals surface area contributed by atoms with Gasteiger partial charge in [0.05, 0.1) is 0 Å². The molecule has 1 N–H and O–H groups in total. The number of hydrogen-bond acceptors (Lipinski definition) is 5. The van der Waals surface area contributed by atoms with Crippen LogP contribution in [0.4, 0.5) is 5.69 Å². The van der Waals surface area contributed by atoms with Crippen LogP contribution in [-0.2, 0) is 9.53 Å². The number of halogens is 1. The lowest BCUT2D eigenvalue weighted by molar-refractivity contribution is -0.123. The number of ether oxygens (including phenoxy) is 1. The second kappa shape index (κ2) is 7.63. The molecule has 6 nitrogen and oxygen atoms in total. The first-order chi connectivity index (χ1) is 12.8. The van der Waals surface area contributed by atoms with Crippen LogP contribution in [0.5, 0.6) is 0 Å². The van der Waals surface area contributed by atoms with Crippen molar-refractivity contribution in [3.05, 3.63) is 64.9 Å². The molecule has 1 heterocycles. The molecule has 0 unspecified atom stereocenters. The standard InChI is InChI=1S/C20H16ClNO5/c1-11(23)13-4-3-5-16(9-13)22-19(24)12(2)26-20(25)18-10-14-8-15(21)6-7-17(14)27-18/h3-10,12H,1-2H3,(H,22,24)/t12-/m0/s1. The highest BCUT2D eigenvalue weighted by Crippen LogP contribution is 2.23. The van der Waals surface area contributed by atoms with Crippen molar-refractivity contribution in [2.75, 3.05) is 5.32 Å². The van der Waals surface area contributed by atoms with E-state index in [1.807, 2.05) is 0 Å². The fourth-order valence-electron chi connectivity index (χ4n) is 2.45. The summed E-state index contributed by atoms with van der Waals surface area (Å²) in [5.41, 5.74) is 1.40. The van der Waals surface area contributed by atoms with Crippen molar-refractivity contribution in [2.24, 2.45) is 0 Å². The lowest BCUT2D eigenvalue weighted by atomic mass is 10.1. The Bertz CT molecular complexity index is 1040. The van der Waals surface area contributed by atoms with Gasteiger partial charge in [-0.1, -0.05) is 23.7 Å². The Morgan fingerprint density at radius 2 is 1.89 bits per heavy atom. The average molecular weight is 386 g/mol. The lowest BCUT2D eigenvalue weighted by Gasteiger charge is -2.13. The highest BCUT2D eigenvalue weighted by Gasteiger charge is 2.22. The number of fused-ring (bicyclic) bond motifs is 1. The van der Waals surface area contributed by atoms with Crippen LogP contribution in [0.1, 0.15) is 34.8 Å². The maximum Gasteiger partial charge on any atom is 0.375 e. The van der Waals surface area contributed by atoms with E-state index < -0.39 is 18.0 Å².